The maximum atomic E-state index is 6.08. The van der Waals surface area contributed by atoms with Crippen LogP contribution in [0.3, 0.4) is 0 Å². The van der Waals surface area contributed by atoms with Crippen molar-refractivity contribution in [2.75, 3.05) is 6.61 Å². The summed E-state index contributed by atoms with van der Waals surface area (Å²) in [6.45, 7) is 4.74. The van der Waals surface area contributed by atoms with Gasteiger partial charge >= 0.3 is 0 Å². The largest absolute Gasteiger partial charge is 0.492 e. The van der Waals surface area contributed by atoms with Crippen LogP contribution in [0, 0.1) is 0 Å². The third kappa shape index (κ3) is 3.73. The monoisotopic (exact) mass is 227 g/mol. The summed E-state index contributed by atoms with van der Waals surface area (Å²) < 4.78 is 5.63. The molecule has 84 valence electrons. The second-order valence-corrected chi connectivity index (χ2v) is 4.17. The van der Waals surface area contributed by atoms with Gasteiger partial charge in [0.25, 0.3) is 0 Å². The Bertz CT molecular complexity index is 312. The molecule has 0 heterocycles. The normalized spacial score (nSPS) is 12.5. The molecule has 1 unspecified atom stereocenters. The lowest BCUT2D eigenvalue weighted by Gasteiger charge is -2.13. The highest BCUT2D eigenvalue weighted by atomic mass is 35.5. The van der Waals surface area contributed by atoms with Crippen LogP contribution in [-0.2, 0) is 6.42 Å². The lowest BCUT2D eigenvalue weighted by atomic mass is 10.1. The van der Waals surface area contributed by atoms with Crippen molar-refractivity contribution in [1.29, 1.82) is 0 Å². The van der Waals surface area contributed by atoms with Crippen LogP contribution in [-0.4, -0.2) is 12.6 Å². The molecule has 15 heavy (non-hydrogen) atoms. The van der Waals surface area contributed by atoms with Crippen LogP contribution >= 0.6 is 11.6 Å². The molecule has 0 spiro atoms. The number of hydrogen-bond acceptors (Lipinski definition) is 2. The van der Waals surface area contributed by atoms with Gasteiger partial charge in [-0.15, -0.1) is 0 Å². The minimum absolute atomic E-state index is 0.118. The first kappa shape index (κ1) is 12.3. The molecule has 1 aromatic rings. The quantitative estimate of drug-likeness (QED) is 0.839. The fourth-order valence-corrected chi connectivity index (χ4v) is 1.68. The van der Waals surface area contributed by atoms with Crippen LogP contribution in [0.1, 0.15) is 25.8 Å². The van der Waals surface area contributed by atoms with Gasteiger partial charge in [-0.25, -0.2) is 0 Å². The second-order valence-electron chi connectivity index (χ2n) is 3.76. The van der Waals surface area contributed by atoms with Crippen molar-refractivity contribution in [3.05, 3.63) is 28.8 Å². The van der Waals surface area contributed by atoms with Gasteiger partial charge in [-0.2, -0.15) is 0 Å². The zero-order valence-electron chi connectivity index (χ0n) is 9.29. The molecule has 0 amide bonds. The zero-order chi connectivity index (χ0) is 11.3. The van der Waals surface area contributed by atoms with Gasteiger partial charge < -0.3 is 10.5 Å². The second kappa shape index (κ2) is 5.99. The van der Waals surface area contributed by atoms with Gasteiger partial charge in [0.2, 0.25) is 0 Å². The van der Waals surface area contributed by atoms with Crippen LogP contribution in [0.5, 0.6) is 5.75 Å². The van der Waals surface area contributed by atoms with Crippen molar-refractivity contribution in [2.45, 2.75) is 32.7 Å². The summed E-state index contributed by atoms with van der Waals surface area (Å²) in [5.41, 5.74) is 6.86. The maximum Gasteiger partial charge on any atom is 0.141 e. The fourth-order valence-electron chi connectivity index (χ4n) is 1.43. The number of benzene rings is 1. The Kier molecular flexibility index (Phi) is 4.92. The first-order valence-corrected chi connectivity index (χ1v) is 5.68. The summed E-state index contributed by atoms with van der Waals surface area (Å²) in [7, 11) is 0. The molecular formula is C12H18ClNO. The number of nitrogens with two attached hydrogens (primary N) is 1. The molecule has 2 N–H and O–H groups in total. The first-order chi connectivity index (χ1) is 7.15. The average molecular weight is 228 g/mol. The number of hydrogen-bond donors (Lipinski definition) is 1. The highest BCUT2D eigenvalue weighted by Gasteiger charge is 2.09. The van der Waals surface area contributed by atoms with Crippen LogP contribution in [0.2, 0.25) is 5.02 Å². The highest BCUT2D eigenvalue weighted by Crippen LogP contribution is 2.29. The smallest absolute Gasteiger partial charge is 0.141 e. The molecule has 1 rings (SSSR count). The van der Waals surface area contributed by atoms with E-state index in [0.29, 0.717) is 11.6 Å². The molecule has 0 fully saturated rings. The summed E-state index contributed by atoms with van der Waals surface area (Å²) in [5.74, 6) is 0.790. The van der Waals surface area contributed by atoms with Crippen LogP contribution in [0.25, 0.3) is 0 Å². The average Bonchev–Trinajstić information content (AvgIpc) is 2.16. The number of rotatable bonds is 5. The minimum Gasteiger partial charge on any atom is -0.492 e. The molecule has 0 aliphatic carbocycles. The van der Waals surface area contributed by atoms with E-state index >= 15 is 0 Å². The van der Waals surface area contributed by atoms with E-state index in [1.165, 1.54) is 0 Å². The summed E-state index contributed by atoms with van der Waals surface area (Å²) in [4.78, 5) is 0. The van der Waals surface area contributed by atoms with Crippen molar-refractivity contribution in [3.63, 3.8) is 0 Å². The minimum atomic E-state index is 0.118. The SMILES string of the molecule is CCCOc1c(Cl)cccc1CC(C)N. The predicted octanol–water partition coefficient (Wildman–Crippen LogP) is 3.02. The molecule has 0 bridgehead atoms. The lowest BCUT2D eigenvalue weighted by Crippen LogP contribution is -2.18. The Balaban J connectivity index is 2.87. The summed E-state index contributed by atoms with van der Waals surface area (Å²) in [6.07, 6.45) is 1.77. The van der Waals surface area contributed by atoms with Crippen molar-refractivity contribution in [2.24, 2.45) is 5.73 Å². The van der Waals surface area contributed by atoms with E-state index in [1.807, 2.05) is 25.1 Å². The van der Waals surface area contributed by atoms with Crippen LogP contribution in [0.15, 0.2) is 18.2 Å². The Labute approximate surface area is 96.4 Å². The molecule has 0 saturated heterocycles. The Hall–Kier alpha value is -0.730. The standard InChI is InChI=1S/C12H18ClNO/c1-3-7-15-12-10(8-9(2)14)5-4-6-11(12)13/h4-6,9H,3,7-8,14H2,1-2H3. The Morgan fingerprint density at radius 1 is 1.47 bits per heavy atom. The molecule has 1 atom stereocenters. The molecular weight excluding hydrogens is 210 g/mol. The lowest BCUT2D eigenvalue weighted by molar-refractivity contribution is 0.314. The highest BCUT2D eigenvalue weighted by molar-refractivity contribution is 6.32. The van der Waals surface area contributed by atoms with Crippen LogP contribution < -0.4 is 10.5 Å². The van der Waals surface area contributed by atoms with E-state index in [1.54, 1.807) is 0 Å². The fraction of sp³-hybridized carbons (Fsp3) is 0.500. The van der Waals surface area contributed by atoms with Gasteiger partial charge in [-0.1, -0.05) is 30.7 Å². The van der Waals surface area contributed by atoms with Crippen molar-refractivity contribution >= 4 is 11.6 Å². The number of ether oxygens (including phenoxy) is 1. The molecule has 0 aromatic heterocycles. The third-order valence-corrected chi connectivity index (χ3v) is 2.34. The molecule has 0 saturated carbocycles. The van der Waals surface area contributed by atoms with E-state index < -0.39 is 0 Å². The van der Waals surface area contributed by atoms with Gasteiger partial charge in [-0.3, -0.25) is 0 Å². The van der Waals surface area contributed by atoms with Crippen molar-refractivity contribution in [3.8, 4) is 5.75 Å². The van der Waals surface area contributed by atoms with E-state index in [0.717, 1.165) is 24.2 Å². The topological polar surface area (TPSA) is 35.2 Å². The van der Waals surface area contributed by atoms with E-state index in [4.69, 9.17) is 22.1 Å². The summed E-state index contributed by atoms with van der Waals surface area (Å²) >= 11 is 6.08. The van der Waals surface area contributed by atoms with E-state index in [-0.39, 0.29) is 6.04 Å². The van der Waals surface area contributed by atoms with E-state index in [9.17, 15) is 0 Å². The molecule has 0 aliphatic rings. The van der Waals surface area contributed by atoms with Gasteiger partial charge in [-0.05, 0) is 31.4 Å². The predicted molar refractivity (Wildman–Crippen MR) is 64.6 cm³/mol. The summed E-state index contributed by atoms with van der Waals surface area (Å²) in [6, 6.07) is 5.91. The van der Waals surface area contributed by atoms with Gasteiger partial charge in [0.15, 0.2) is 0 Å². The Morgan fingerprint density at radius 2 is 2.20 bits per heavy atom. The molecule has 3 heteroatoms. The van der Waals surface area contributed by atoms with Gasteiger partial charge in [0.05, 0.1) is 11.6 Å². The molecule has 2 nitrogen and oxygen atoms in total. The molecule has 0 radical (unpaired) electrons. The van der Waals surface area contributed by atoms with Crippen molar-refractivity contribution in [1.82, 2.24) is 0 Å². The van der Waals surface area contributed by atoms with Gasteiger partial charge in [0, 0.05) is 6.04 Å². The van der Waals surface area contributed by atoms with Crippen LogP contribution in [0.4, 0.5) is 0 Å². The Morgan fingerprint density at radius 3 is 2.80 bits per heavy atom. The number of para-hydroxylation sites is 1. The van der Waals surface area contributed by atoms with E-state index in [2.05, 4.69) is 6.92 Å². The molecule has 1 aromatic carbocycles. The zero-order valence-corrected chi connectivity index (χ0v) is 10.1. The summed E-state index contributed by atoms with van der Waals surface area (Å²) in [5, 5.41) is 0.668. The number of halogens is 1. The molecule has 0 aliphatic heterocycles. The maximum absolute atomic E-state index is 6.08. The van der Waals surface area contributed by atoms with Crippen molar-refractivity contribution < 1.29 is 4.74 Å². The first-order valence-electron chi connectivity index (χ1n) is 5.31. The van der Waals surface area contributed by atoms with Gasteiger partial charge in [0.1, 0.15) is 5.75 Å². The third-order valence-electron chi connectivity index (χ3n) is 2.04.